The van der Waals surface area contributed by atoms with Crippen molar-refractivity contribution in [1.82, 2.24) is 9.80 Å². The van der Waals surface area contributed by atoms with E-state index in [4.69, 9.17) is 0 Å². The summed E-state index contributed by atoms with van der Waals surface area (Å²) < 4.78 is 0. The Morgan fingerprint density at radius 1 is 1.04 bits per heavy atom. The van der Waals surface area contributed by atoms with E-state index in [1.54, 1.807) is 0 Å². The van der Waals surface area contributed by atoms with Gasteiger partial charge < -0.3 is 15.1 Å². The van der Waals surface area contributed by atoms with Crippen LogP contribution in [0.4, 0.5) is 10.5 Å². The van der Waals surface area contributed by atoms with Gasteiger partial charge in [-0.3, -0.25) is 4.79 Å². The quantitative estimate of drug-likeness (QED) is 0.875. The number of nitrogens with zero attached hydrogens (tertiary/aromatic N) is 2. The molecule has 2 saturated heterocycles. The van der Waals surface area contributed by atoms with Crippen LogP contribution in [-0.4, -0.2) is 47.9 Å². The molecule has 1 aromatic rings. The van der Waals surface area contributed by atoms with Crippen LogP contribution in [0.2, 0.25) is 0 Å². The van der Waals surface area contributed by atoms with Crippen LogP contribution in [0, 0.1) is 25.7 Å². The molecule has 2 heterocycles. The fourth-order valence-corrected chi connectivity index (χ4v) is 4.06. The second-order valence-electron chi connectivity index (χ2n) is 7.97. The summed E-state index contributed by atoms with van der Waals surface area (Å²) in [6, 6.07) is 5.89. The Balaban J connectivity index is 1.52. The Morgan fingerprint density at radius 2 is 1.77 bits per heavy atom. The van der Waals surface area contributed by atoms with Crippen molar-refractivity contribution in [3.8, 4) is 0 Å². The van der Waals surface area contributed by atoms with Gasteiger partial charge in [-0.25, -0.2) is 4.79 Å². The Hall–Kier alpha value is -2.04. The fraction of sp³-hybridized carbons (Fsp3) is 0.619. The summed E-state index contributed by atoms with van der Waals surface area (Å²) >= 11 is 0. The van der Waals surface area contributed by atoms with Gasteiger partial charge in [-0.05, 0) is 62.6 Å². The number of hydrogen-bond acceptors (Lipinski definition) is 2. The molecule has 26 heavy (non-hydrogen) atoms. The van der Waals surface area contributed by atoms with Crippen molar-refractivity contribution in [2.24, 2.45) is 11.8 Å². The van der Waals surface area contributed by atoms with Crippen LogP contribution in [0.15, 0.2) is 18.2 Å². The van der Waals surface area contributed by atoms with Crippen molar-refractivity contribution in [2.45, 2.75) is 46.5 Å². The zero-order chi connectivity index (χ0) is 18.7. The smallest absolute Gasteiger partial charge is 0.321 e. The van der Waals surface area contributed by atoms with Gasteiger partial charge in [-0.15, -0.1) is 0 Å². The first-order valence-corrected chi connectivity index (χ1v) is 9.86. The Kier molecular flexibility index (Phi) is 5.84. The van der Waals surface area contributed by atoms with Gasteiger partial charge in [0.1, 0.15) is 0 Å². The lowest BCUT2D eigenvalue weighted by Crippen LogP contribution is -2.47. The molecule has 2 fully saturated rings. The second-order valence-corrected chi connectivity index (χ2v) is 7.97. The molecule has 1 atom stereocenters. The number of carbonyl (C=O) groups excluding carboxylic acids is 2. The number of benzene rings is 1. The van der Waals surface area contributed by atoms with E-state index < -0.39 is 0 Å². The maximum absolute atomic E-state index is 12.8. The zero-order valence-corrected chi connectivity index (χ0v) is 16.3. The van der Waals surface area contributed by atoms with Gasteiger partial charge in [-0.1, -0.05) is 19.1 Å². The molecule has 0 radical (unpaired) electrons. The van der Waals surface area contributed by atoms with Crippen molar-refractivity contribution < 1.29 is 9.59 Å². The van der Waals surface area contributed by atoms with Crippen molar-refractivity contribution in [3.05, 3.63) is 29.3 Å². The lowest BCUT2D eigenvalue weighted by Gasteiger charge is -2.37. The molecule has 0 bridgehead atoms. The fourth-order valence-electron chi connectivity index (χ4n) is 4.06. The highest BCUT2D eigenvalue weighted by Crippen LogP contribution is 2.24. The third-order valence-electron chi connectivity index (χ3n) is 5.95. The number of carbonyl (C=O) groups is 2. The van der Waals surface area contributed by atoms with Crippen molar-refractivity contribution in [1.29, 1.82) is 0 Å². The van der Waals surface area contributed by atoms with Crippen LogP contribution in [0.5, 0.6) is 0 Å². The van der Waals surface area contributed by atoms with E-state index in [1.807, 2.05) is 41.8 Å². The maximum atomic E-state index is 12.8. The molecule has 0 aromatic heterocycles. The molecule has 0 spiro atoms. The van der Waals surface area contributed by atoms with Gasteiger partial charge in [0.05, 0.1) is 0 Å². The molecule has 1 aromatic carbocycles. The molecule has 5 nitrogen and oxygen atoms in total. The first-order chi connectivity index (χ1) is 12.5. The van der Waals surface area contributed by atoms with Gasteiger partial charge in [0.15, 0.2) is 0 Å². The largest absolute Gasteiger partial charge is 0.342 e. The number of amides is 3. The molecule has 3 rings (SSSR count). The molecular weight excluding hydrogens is 326 g/mol. The number of piperidine rings is 2. The zero-order valence-electron chi connectivity index (χ0n) is 16.3. The van der Waals surface area contributed by atoms with Gasteiger partial charge in [0, 0.05) is 37.8 Å². The maximum Gasteiger partial charge on any atom is 0.321 e. The molecule has 2 aliphatic rings. The first kappa shape index (κ1) is 18.7. The minimum Gasteiger partial charge on any atom is -0.342 e. The Morgan fingerprint density at radius 3 is 2.46 bits per heavy atom. The summed E-state index contributed by atoms with van der Waals surface area (Å²) in [5, 5.41) is 3.03. The summed E-state index contributed by atoms with van der Waals surface area (Å²) in [6.07, 6.45) is 3.87. The van der Waals surface area contributed by atoms with E-state index in [2.05, 4.69) is 12.2 Å². The first-order valence-electron chi connectivity index (χ1n) is 9.86. The molecular formula is C21H31N3O2. The highest BCUT2D eigenvalue weighted by molar-refractivity contribution is 5.90. The monoisotopic (exact) mass is 357 g/mol. The van der Waals surface area contributed by atoms with E-state index in [9.17, 15) is 9.59 Å². The number of likely N-dealkylation sites (tertiary alicyclic amines) is 2. The molecule has 1 N–H and O–H groups in total. The number of aryl methyl sites for hydroxylation is 1. The molecule has 3 amide bonds. The lowest BCUT2D eigenvalue weighted by atomic mass is 9.93. The molecule has 2 aliphatic heterocycles. The number of nitrogens with one attached hydrogen (secondary N) is 1. The molecule has 5 heteroatoms. The number of urea groups is 1. The summed E-state index contributed by atoms with van der Waals surface area (Å²) in [6.45, 7) is 9.38. The molecule has 1 unspecified atom stereocenters. The summed E-state index contributed by atoms with van der Waals surface area (Å²) in [5.41, 5.74) is 3.14. The van der Waals surface area contributed by atoms with Gasteiger partial charge in [-0.2, -0.15) is 0 Å². The average Bonchev–Trinajstić information content (AvgIpc) is 2.65. The lowest BCUT2D eigenvalue weighted by molar-refractivity contribution is -0.138. The van der Waals surface area contributed by atoms with E-state index in [0.29, 0.717) is 24.9 Å². The minimum absolute atomic E-state index is 0.0591. The van der Waals surface area contributed by atoms with E-state index in [-0.39, 0.29) is 11.9 Å². The Labute approximate surface area is 156 Å². The highest BCUT2D eigenvalue weighted by atomic mass is 16.2. The predicted molar refractivity (Wildman–Crippen MR) is 104 cm³/mol. The normalized spacial score (nSPS) is 21.6. The third-order valence-corrected chi connectivity index (χ3v) is 5.95. The van der Waals surface area contributed by atoms with Gasteiger partial charge in [0.2, 0.25) is 5.91 Å². The van der Waals surface area contributed by atoms with Crippen molar-refractivity contribution >= 4 is 17.6 Å². The van der Waals surface area contributed by atoms with Gasteiger partial charge in [0.25, 0.3) is 0 Å². The van der Waals surface area contributed by atoms with Crippen LogP contribution in [-0.2, 0) is 4.79 Å². The number of anilines is 1. The summed E-state index contributed by atoms with van der Waals surface area (Å²) in [5.74, 6) is 0.979. The Bertz CT molecular complexity index is 665. The van der Waals surface area contributed by atoms with Crippen LogP contribution in [0.1, 0.15) is 43.7 Å². The van der Waals surface area contributed by atoms with Crippen LogP contribution in [0.3, 0.4) is 0 Å². The van der Waals surface area contributed by atoms with Crippen molar-refractivity contribution in [3.63, 3.8) is 0 Å². The van der Waals surface area contributed by atoms with E-state index >= 15 is 0 Å². The average molecular weight is 357 g/mol. The van der Waals surface area contributed by atoms with Crippen LogP contribution >= 0.6 is 0 Å². The SMILES string of the molecule is Cc1cccc(NC(=O)N2CCC(C(=O)N3CCCC(C)C3)CC2)c1C. The molecule has 142 valence electrons. The van der Waals surface area contributed by atoms with E-state index in [0.717, 1.165) is 43.6 Å². The number of hydrogen-bond donors (Lipinski definition) is 1. The minimum atomic E-state index is -0.0591. The standard InChI is InChI=1S/C21H31N3O2/c1-15-6-5-11-24(14-15)20(25)18-9-12-23(13-10-18)21(26)22-19-8-4-7-16(2)17(19)3/h4,7-8,15,18H,5-6,9-14H2,1-3H3,(H,22,26). The summed E-state index contributed by atoms with van der Waals surface area (Å²) in [4.78, 5) is 29.2. The van der Waals surface area contributed by atoms with Crippen LogP contribution in [0.25, 0.3) is 0 Å². The summed E-state index contributed by atoms with van der Waals surface area (Å²) in [7, 11) is 0. The second kappa shape index (κ2) is 8.11. The molecule has 0 saturated carbocycles. The highest BCUT2D eigenvalue weighted by Gasteiger charge is 2.31. The predicted octanol–water partition coefficient (Wildman–Crippen LogP) is 3.81. The topological polar surface area (TPSA) is 52.7 Å². The van der Waals surface area contributed by atoms with E-state index in [1.165, 1.54) is 12.0 Å². The van der Waals surface area contributed by atoms with Crippen molar-refractivity contribution in [2.75, 3.05) is 31.5 Å². The number of rotatable bonds is 2. The third kappa shape index (κ3) is 4.19. The molecule has 0 aliphatic carbocycles. The van der Waals surface area contributed by atoms with Crippen LogP contribution < -0.4 is 5.32 Å². The van der Waals surface area contributed by atoms with Gasteiger partial charge >= 0.3 is 6.03 Å².